The fourth-order valence-electron chi connectivity index (χ4n) is 2.04. The minimum atomic E-state index is -0.388. The molecule has 0 radical (unpaired) electrons. The molecule has 0 bridgehead atoms. The van der Waals surface area contributed by atoms with Crippen LogP contribution in [0.15, 0.2) is 18.2 Å². The molecule has 0 heterocycles. The molecule has 0 aliphatic rings. The fourth-order valence-corrected chi connectivity index (χ4v) is 2.20. The number of carbonyl (C=O) groups is 1. The number of unbranched alkanes of at least 4 members (excludes halogenated alkanes) is 1. The predicted octanol–water partition coefficient (Wildman–Crippen LogP) is 4.81. The van der Waals surface area contributed by atoms with E-state index in [4.69, 9.17) is 11.6 Å². The lowest BCUT2D eigenvalue weighted by molar-refractivity contribution is -0.122. The zero-order valence-corrected chi connectivity index (χ0v) is 11.8. The van der Waals surface area contributed by atoms with E-state index in [1.807, 2.05) is 6.92 Å². The third-order valence-corrected chi connectivity index (χ3v) is 3.47. The van der Waals surface area contributed by atoms with Gasteiger partial charge in [0.1, 0.15) is 11.6 Å². The van der Waals surface area contributed by atoms with Crippen molar-refractivity contribution in [3.8, 4) is 0 Å². The summed E-state index contributed by atoms with van der Waals surface area (Å²) in [4.78, 5) is 12.1. The molecule has 0 amide bonds. The van der Waals surface area contributed by atoms with E-state index in [1.54, 1.807) is 12.1 Å². The van der Waals surface area contributed by atoms with Crippen molar-refractivity contribution in [3.05, 3.63) is 34.6 Å². The minimum Gasteiger partial charge on any atom is -0.299 e. The molecular formula is C15H20ClFO. The summed E-state index contributed by atoms with van der Waals surface area (Å²) in [5, 5.41) is 0.363. The highest BCUT2D eigenvalue weighted by atomic mass is 35.5. The number of Topliss-reactive ketones (excluding diaryl/α,β-unsaturated/α-hetero) is 1. The quantitative estimate of drug-likeness (QED) is 0.695. The molecule has 0 saturated carbocycles. The molecule has 1 aromatic carbocycles. The van der Waals surface area contributed by atoms with Gasteiger partial charge in [0.25, 0.3) is 0 Å². The van der Waals surface area contributed by atoms with Gasteiger partial charge in [-0.15, -0.1) is 0 Å². The normalized spacial score (nSPS) is 12.4. The Morgan fingerprint density at radius 3 is 2.67 bits per heavy atom. The highest BCUT2D eigenvalue weighted by molar-refractivity contribution is 6.30. The van der Waals surface area contributed by atoms with Crippen LogP contribution in [0, 0.1) is 11.7 Å². The lowest BCUT2D eigenvalue weighted by Crippen LogP contribution is -2.16. The van der Waals surface area contributed by atoms with Crippen molar-refractivity contribution in [1.82, 2.24) is 0 Å². The maximum atomic E-state index is 13.6. The molecule has 0 fully saturated rings. The second kappa shape index (κ2) is 7.52. The molecule has 1 aromatic rings. The van der Waals surface area contributed by atoms with Gasteiger partial charge in [-0.2, -0.15) is 0 Å². The molecule has 3 heteroatoms. The number of ketones is 1. The van der Waals surface area contributed by atoms with Crippen LogP contribution in [0.1, 0.15) is 45.1 Å². The lowest BCUT2D eigenvalue weighted by Gasteiger charge is -2.13. The highest BCUT2D eigenvalue weighted by Crippen LogP contribution is 2.19. The molecule has 0 aromatic heterocycles. The second-order valence-electron chi connectivity index (χ2n) is 4.63. The fraction of sp³-hybridized carbons (Fsp3) is 0.533. The van der Waals surface area contributed by atoms with Crippen LogP contribution in [-0.4, -0.2) is 5.78 Å². The first-order chi connectivity index (χ1) is 8.58. The Hall–Kier alpha value is -0.890. The van der Waals surface area contributed by atoms with Crippen molar-refractivity contribution in [2.45, 2.75) is 46.0 Å². The Labute approximate surface area is 113 Å². The molecule has 1 unspecified atom stereocenters. The zero-order valence-electron chi connectivity index (χ0n) is 11.0. The Morgan fingerprint density at radius 1 is 1.39 bits per heavy atom. The van der Waals surface area contributed by atoms with Crippen molar-refractivity contribution >= 4 is 17.4 Å². The number of benzene rings is 1. The van der Waals surface area contributed by atoms with E-state index < -0.39 is 0 Å². The summed E-state index contributed by atoms with van der Waals surface area (Å²) in [5.41, 5.74) is 0.444. The van der Waals surface area contributed by atoms with E-state index in [9.17, 15) is 9.18 Å². The van der Waals surface area contributed by atoms with Crippen LogP contribution in [0.25, 0.3) is 0 Å². The van der Waals surface area contributed by atoms with Crippen molar-refractivity contribution < 1.29 is 9.18 Å². The topological polar surface area (TPSA) is 17.1 Å². The Kier molecular flexibility index (Phi) is 6.34. The molecular weight excluding hydrogens is 251 g/mol. The van der Waals surface area contributed by atoms with Gasteiger partial charge < -0.3 is 0 Å². The molecule has 0 aliphatic carbocycles. The van der Waals surface area contributed by atoms with Gasteiger partial charge in [-0.1, -0.05) is 44.4 Å². The largest absolute Gasteiger partial charge is 0.299 e. The van der Waals surface area contributed by atoms with Gasteiger partial charge in [-0.3, -0.25) is 4.79 Å². The van der Waals surface area contributed by atoms with Gasteiger partial charge in [0.15, 0.2) is 0 Å². The van der Waals surface area contributed by atoms with E-state index in [1.165, 1.54) is 6.07 Å². The molecule has 1 nitrogen and oxygen atoms in total. The number of hydrogen-bond donors (Lipinski definition) is 0. The first-order valence-electron chi connectivity index (χ1n) is 6.55. The molecule has 0 spiro atoms. The van der Waals surface area contributed by atoms with E-state index in [2.05, 4.69) is 6.92 Å². The van der Waals surface area contributed by atoms with Crippen LogP contribution in [0.3, 0.4) is 0 Å². The summed E-state index contributed by atoms with van der Waals surface area (Å²) in [6.45, 7) is 4.12. The van der Waals surface area contributed by atoms with Gasteiger partial charge >= 0.3 is 0 Å². The molecule has 1 rings (SSSR count). The monoisotopic (exact) mass is 270 g/mol. The van der Waals surface area contributed by atoms with Gasteiger partial charge in [0.05, 0.1) is 0 Å². The third kappa shape index (κ3) is 4.41. The maximum absolute atomic E-state index is 13.6. The summed E-state index contributed by atoms with van der Waals surface area (Å²) in [6, 6.07) is 4.49. The van der Waals surface area contributed by atoms with Crippen molar-refractivity contribution in [2.24, 2.45) is 5.92 Å². The van der Waals surface area contributed by atoms with Gasteiger partial charge in [0.2, 0.25) is 0 Å². The highest BCUT2D eigenvalue weighted by Gasteiger charge is 2.17. The third-order valence-electron chi connectivity index (χ3n) is 3.23. The number of carbonyl (C=O) groups excluding carboxylic acids is 1. The standard InChI is InChI=1S/C15H20ClFO/c1-3-5-6-11(4-2)15(18)9-12-7-8-13(16)10-14(12)17/h7-8,10-11H,3-6,9H2,1-2H3. The number of halogens is 2. The molecule has 1 atom stereocenters. The molecule has 18 heavy (non-hydrogen) atoms. The maximum Gasteiger partial charge on any atom is 0.140 e. The summed E-state index contributed by atoms with van der Waals surface area (Å²) in [6.07, 6.45) is 4.03. The Bertz CT molecular complexity index is 403. The summed E-state index contributed by atoms with van der Waals surface area (Å²) in [5.74, 6) is -0.201. The average molecular weight is 271 g/mol. The van der Waals surface area contributed by atoms with E-state index in [-0.39, 0.29) is 23.9 Å². The van der Waals surface area contributed by atoms with E-state index in [0.29, 0.717) is 10.6 Å². The minimum absolute atomic E-state index is 0.0556. The van der Waals surface area contributed by atoms with Crippen LogP contribution in [0.2, 0.25) is 5.02 Å². The molecule has 0 N–H and O–H groups in total. The van der Waals surface area contributed by atoms with E-state index in [0.717, 1.165) is 25.7 Å². The van der Waals surface area contributed by atoms with Crippen LogP contribution >= 0.6 is 11.6 Å². The predicted molar refractivity (Wildman–Crippen MR) is 73.4 cm³/mol. The number of hydrogen-bond acceptors (Lipinski definition) is 1. The Morgan fingerprint density at radius 2 is 2.11 bits per heavy atom. The van der Waals surface area contributed by atoms with Crippen molar-refractivity contribution in [3.63, 3.8) is 0 Å². The Balaban J connectivity index is 2.67. The van der Waals surface area contributed by atoms with Crippen LogP contribution in [-0.2, 0) is 11.2 Å². The first kappa shape index (κ1) is 15.2. The van der Waals surface area contributed by atoms with Crippen LogP contribution < -0.4 is 0 Å². The second-order valence-corrected chi connectivity index (χ2v) is 5.06. The lowest BCUT2D eigenvalue weighted by atomic mass is 9.91. The van der Waals surface area contributed by atoms with E-state index >= 15 is 0 Å². The average Bonchev–Trinajstić information content (AvgIpc) is 2.34. The molecule has 0 saturated heterocycles. The van der Waals surface area contributed by atoms with Crippen molar-refractivity contribution in [2.75, 3.05) is 0 Å². The van der Waals surface area contributed by atoms with Gasteiger partial charge in [-0.25, -0.2) is 4.39 Å². The summed E-state index contributed by atoms with van der Waals surface area (Å²) in [7, 11) is 0. The van der Waals surface area contributed by atoms with Crippen LogP contribution in [0.5, 0.6) is 0 Å². The molecule has 0 aliphatic heterocycles. The van der Waals surface area contributed by atoms with Crippen LogP contribution in [0.4, 0.5) is 4.39 Å². The first-order valence-corrected chi connectivity index (χ1v) is 6.92. The smallest absolute Gasteiger partial charge is 0.140 e. The SMILES string of the molecule is CCCCC(CC)C(=O)Cc1ccc(Cl)cc1F. The zero-order chi connectivity index (χ0) is 13.5. The van der Waals surface area contributed by atoms with Gasteiger partial charge in [-0.05, 0) is 30.5 Å². The van der Waals surface area contributed by atoms with Gasteiger partial charge in [0, 0.05) is 17.4 Å². The van der Waals surface area contributed by atoms with Crippen molar-refractivity contribution in [1.29, 1.82) is 0 Å². The molecule has 100 valence electrons. The summed E-state index contributed by atoms with van der Waals surface area (Å²) < 4.78 is 13.6. The number of rotatable bonds is 7. The summed E-state index contributed by atoms with van der Waals surface area (Å²) >= 11 is 5.69.